The van der Waals surface area contributed by atoms with Crippen molar-refractivity contribution in [1.82, 2.24) is 0 Å². The SMILES string of the molecule is C=C(C)C(=O)OCCc1cc(C2CCC(C)CO2)ccc1CCCO. The molecular formula is C21H30O4. The summed E-state index contributed by atoms with van der Waals surface area (Å²) >= 11 is 0. The Kier molecular flexibility index (Phi) is 7.66. The van der Waals surface area contributed by atoms with Crippen LogP contribution in [0, 0.1) is 5.92 Å². The predicted octanol–water partition coefficient (Wildman–Crippen LogP) is 3.76. The predicted molar refractivity (Wildman–Crippen MR) is 98.4 cm³/mol. The summed E-state index contributed by atoms with van der Waals surface area (Å²) in [5.41, 5.74) is 3.98. The van der Waals surface area contributed by atoms with Gasteiger partial charge in [-0.25, -0.2) is 4.79 Å². The lowest BCUT2D eigenvalue weighted by atomic mass is 9.92. The van der Waals surface area contributed by atoms with E-state index < -0.39 is 0 Å². The molecule has 2 atom stereocenters. The Morgan fingerprint density at radius 2 is 2.12 bits per heavy atom. The van der Waals surface area contributed by atoms with Crippen LogP contribution in [0.4, 0.5) is 0 Å². The first-order chi connectivity index (χ1) is 12.0. The fourth-order valence-corrected chi connectivity index (χ4v) is 3.12. The Labute approximate surface area is 150 Å². The average Bonchev–Trinajstić information content (AvgIpc) is 2.61. The molecule has 0 aromatic heterocycles. The van der Waals surface area contributed by atoms with Crippen LogP contribution in [-0.4, -0.2) is 30.9 Å². The molecule has 0 amide bonds. The van der Waals surface area contributed by atoms with Gasteiger partial charge in [0.1, 0.15) is 0 Å². The molecule has 1 aliphatic heterocycles. The normalized spacial score (nSPS) is 20.3. The first-order valence-corrected chi connectivity index (χ1v) is 9.18. The number of hydrogen-bond donors (Lipinski definition) is 1. The number of aliphatic hydroxyl groups is 1. The standard InChI is InChI=1S/C21H30O4/c1-15(2)21(23)24-12-10-18-13-19(8-7-17(18)5-4-11-22)20-9-6-16(3)14-25-20/h7-8,13,16,20,22H,1,4-6,9-12,14H2,2-3H3. The van der Waals surface area contributed by atoms with Crippen LogP contribution < -0.4 is 0 Å². The van der Waals surface area contributed by atoms with Crippen molar-refractivity contribution in [3.63, 3.8) is 0 Å². The van der Waals surface area contributed by atoms with Gasteiger partial charge in [-0.2, -0.15) is 0 Å². The first kappa shape index (κ1) is 19.7. The maximum atomic E-state index is 11.6. The van der Waals surface area contributed by atoms with Crippen LogP contribution in [0.25, 0.3) is 0 Å². The Morgan fingerprint density at radius 1 is 1.32 bits per heavy atom. The fourth-order valence-electron chi connectivity index (χ4n) is 3.12. The third-order valence-electron chi connectivity index (χ3n) is 4.66. The number of ether oxygens (including phenoxy) is 2. The summed E-state index contributed by atoms with van der Waals surface area (Å²) in [5.74, 6) is 0.277. The van der Waals surface area contributed by atoms with Gasteiger partial charge in [-0.1, -0.05) is 31.7 Å². The molecule has 4 heteroatoms. The molecule has 1 N–H and O–H groups in total. The maximum absolute atomic E-state index is 11.6. The molecule has 0 bridgehead atoms. The van der Waals surface area contributed by atoms with Crippen molar-refractivity contribution < 1.29 is 19.4 Å². The van der Waals surface area contributed by atoms with Crippen molar-refractivity contribution in [3.8, 4) is 0 Å². The minimum atomic E-state index is -0.349. The van der Waals surface area contributed by atoms with Gasteiger partial charge >= 0.3 is 5.97 Å². The van der Waals surface area contributed by atoms with Crippen LogP contribution in [0.5, 0.6) is 0 Å². The number of rotatable bonds is 8. The summed E-state index contributed by atoms with van der Waals surface area (Å²) in [7, 11) is 0. The van der Waals surface area contributed by atoms with Crippen molar-refractivity contribution >= 4 is 5.97 Å². The summed E-state index contributed by atoms with van der Waals surface area (Å²) in [6.07, 6.45) is 4.60. The molecule has 2 rings (SSSR count). The zero-order chi connectivity index (χ0) is 18.2. The second-order valence-electron chi connectivity index (χ2n) is 7.03. The Hall–Kier alpha value is -1.65. The molecule has 2 unspecified atom stereocenters. The van der Waals surface area contributed by atoms with E-state index in [0.717, 1.165) is 25.9 Å². The molecule has 0 aliphatic carbocycles. The zero-order valence-corrected chi connectivity index (χ0v) is 15.4. The lowest BCUT2D eigenvalue weighted by Crippen LogP contribution is -2.18. The van der Waals surface area contributed by atoms with Crippen molar-refractivity contribution in [3.05, 3.63) is 47.0 Å². The lowest BCUT2D eigenvalue weighted by molar-refractivity contribution is -0.138. The van der Waals surface area contributed by atoms with Crippen molar-refractivity contribution in [1.29, 1.82) is 0 Å². The summed E-state index contributed by atoms with van der Waals surface area (Å²) in [4.78, 5) is 11.6. The largest absolute Gasteiger partial charge is 0.462 e. The minimum absolute atomic E-state index is 0.153. The lowest BCUT2D eigenvalue weighted by Gasteiger charge is -2.28. The van der Waals surface area contributed by atoms with Crippen molar-refractivity contribution in [2.24, 2.45) is 5.92 Å². The fraction of sp³-hybridized carbons (Fsp3) is 0.571. The molecule has 4 nitrogen and oxygen atoms in total. The van der Waals surface area contributed by atoms with E-state index in [1.807, 2.05) is 0 Å². The van der Waals surface area contributed by atoms with Crippen LogP contribution in [-0.2, 0) is 27.1 Å². The number of aliphatic hydroxyl groups excluding tert-OH is 1. The molecular weight excluding hydrogens is 316 g/mol. The topological polar surface area (TPSA) is 55.8 Å². The second kappa shape index (κ2) is 9.73. The summed E-state index contributed by atoms with van der Waals surface area (Å²) in [5, 5.41) is 9.11. The molecule has 0 radical (unpaired) electrons. The second-order valence-corrected chi connectivity index (χ2v) is 7.03. The molecule has 1 aromatic rings. The van der Waals surface area contributed by atoms with Crippen LogP contribution in [0.3, 0.4) is 0 Å². The number of hydrogen-bond acceptors (Lipinski definition) is 4. The van der Waals surface area contributed by atoms with Gasteiger partial charge in [0.05, 0.1) is 12.7 Å². The number of esters is 1. The van der Waals surface area contributed by atoms with E-state index in [4.69, 9.17) is 14.6 Å². The van der Waals surface area contributed by atoms with Gasteiger partial charge < -0.3 is 14.6 Å². The minimum Gasteiger partial charge on any atom is -0.462 e. The molecule has 1 aliphatic rings. The quantitative estimate of drug-likeness (QED) is 0.575. The molecule has 0 spiro atoms. The average molecular weight is 346 g/mol. The van der Waals surface area contributed by atoms with Crippen molar-refractivity contribution in [2.75, 3.05) is 19.8 Å². The first-order valence-electron chi connectivity index (χ1n) is 9.18. The van der Waals surface area contributed by atoms with E-state index in [0.29, 0.717) is 24.5 Å². The highest BCUT2D eigenvalue weighted by Crippen LogP contribution is 2.31. The Bertz CT molecular complexity index is 586. The monoisotopic (exact) mass is 346 g/mol. The van der Waals surface area contributed by atoms with Gasteiger partial charge in [0.2, 0.25) is 0 Å². The highest BCUT2D eigenvalue weighted by Gasteiger charge is 2.21. The van der Waals surface area contributed by atoms with Gasteiger partial charge in [0, 0.05) is 25.2 Å². The number of aryl methyl sites for hydroxylation is 1. The third-order valence-corrected chi connectivity index (χ3v) is 4.66. The summed E-state index contributed by atoms with van der Waals surface area (Å²) in [6, 6.07) is 6.45. The Balaban J connectivity index is 2.07. The van der Waals surface area contributed by atoms with Crippen LogP contribution in [0.15, 0.2) is 30.4 Å². The molecule has 138 valence electrons. The highest BCUT2D eigenvalue weighted by atomic mass is 16.5. The van der Waals surface area contributed by atoms with E-state index in [2.05, 4.69) is 31.7 Å². The van der Waals surface area contributed by atoms with E-state index in [9.17, 15) is 4.79 Å². The van der Waals surface area contributed by atoms with Gasteiger partial charge in [-0.05, 0) is 55.2 Å². The molecule has 0 saturated carbocycles. The van der Waals surface area contributed by atoms with Gasteiger partial charge in [0.15, 0.2) is 0 Å². The van der Waals surface area contributed by atoms with Gasteiger partial charge in [0.25, 0.3) is 0 Å². The van der Waals surface area contributed by atoms with Crippen LogP contribution >= 0.6 is 0 Å². The molecule has 1 heterocycles. The van der Waals surface area contributed by atoms with Crippen molar-refractivity contribution in [2.45, 2.75) is 52.1 Å². The van der Waals surface area contributed by atoms with E-state index in [1.165, 1.54) is 23.1 Å². The third kappa shape index (κ3) is 5.98. The van der Waals surface area contributed by atoms with Gasteiger partial charge in [-0.3, -0.25) is 0 Å². The smallest absolute Gasteiger partial charge is 0.333 e. The van der Waals surface area contributed by atoms with E-state index in [1.54, 1.807) is 6.92 Å². The van der Waals surface area contributed by atoms with Gasteiger partial charge in [-0.15, -0.1) is 0 Å². The molecule has 1 fully saturated rings. The maximum Gasteiger partial charge on any atom is 0.333 e. The van der Waals surface area contributed by atoms with Crippen LogP contribution in [0.2, 0.25) is 0 Å². The summed E-state index contributed by atoms with van der Waals surface area (Å²) < 4.78 is 11.2. The number of carbonyl (C=O) groups excluding carboxylic acids is 1. The Morgan fingerprint density at radius 3 is 2.76 bits per heavy atom. The molecule has 25 heavy (non-hydrogen) atoms. The molecule has 1 saturated heterocycles. The summed E-state index contributed by atoms with van der Waals surface area (Å²) in [6.45, 7) is 8.79. The van der Waals surface area contributed by atoms with E-state index >= 15 is 0 Å². The molecule has 1 aromatic carbocycles. The van der Waals surface area contributed by atoms with E-state index in [-0.39, 0.29) is 18.7 Å². The highest BCUT2D eigenvalue weighted by molar-refractivity contribution is 5.86. The van der Waals surface area contributed by atoms with Crippen LogP contribution in [0.1, 0.15) is 55.9 Å². The zero-order valence-electron chi connectivity index (χ0n) is 15.4. The number of benzene rings is 1. The number of carbonyl (C=O) groups is 1.